The quantitative estimate of drug-likeness (QED) is 0.548. The van der Waals surface area contributed by atoms with Crippen molar-refractivity contribution in [3.8, 4) is 0 Å². The molecule has 0 saturated carbocycles. The van der Waals surface area contributed by atoms with Crippen LogP contribution in [0.1, 0.15) is 42.9 Å². The average Bonchev–Trinajstić information content (AvgIpc) is 2.27. The second kappa shape index (κ2) is 6.30. The van der Waals surface area contributed by atoms with Gasteiger partial charge in [0.15, 0.2) is 0 Å². The van der Waals surface area contributed by atoms with Gasteiger partial charge in [0.2, 0.25) is 0 Å². The molecule has 0 aliphatic heterocycles. The molecule has 0 aliphatic carbocycles. The second-order valence-electron chi connectivity index (χ2n) is 4.61. The van der Waals surface area contributed by atoms with Gasteiger partial charge in [-0.05, 0) is 31.9 Å². The van der Waals surface area contributed by atoms with Crippen molar-refractivity contribution in [1.29, 1.82) is 0 Å². The molecule has 0 aliphatic rings. The molecule has 0 fully saturated rings. The summed E-state index contributed by atoms with van der Waals surface area (Å²) in [6.45, 7) is 5.71. The molecule has 1 aromatic rings. The third-order valence-electron chi connectivity index (χ3n) is 3.14. The van der Waals surface area contributed by atoms with Crippen molar-refractivity contribution in [2.45, 2.75) is 52.5 Å². The molecule has 0 unspecified atom stereocenters. The summed E-state index contributed by atoms with van der Waals surface area (Å²) in [4.78, 5) is 0. The van der Waals surface area contributed by atoms with E-state index in [0.29, 0.717) is 5.56 Å². The van der Waals surface area contributed by atoms with Crippen LogP contribution in [0.5, 0.6) is 0 Å². The summed E-state index contributed by atoms with van der Waals surface area (Å²) in [6, 6.07) is 2.54. The lowest BCUT2D eigenvalue weighted by atomic mass is 9.67. The first-order valence-corrected chi connectivity index (χ1v) is 6.40. The standard InChI is InChI=1S/C14H19BF3/c1-4-5-6-7-11-9-12(14(16,17)18)8-10(2)13(11)15-3/h8-9H,4-7H2,1-3H3. The molecule has 4 heteroatoms. The van der Waals surface area contributed by atoms with Crippen molar-refractivity contribution >= 4 is 12.7 Å². The first kappa shape index (κ1) is 15.1. The van der Waals surface area contributed by atoms with Crippen LogP contribution in [-0.4, -0.2) is 7.28 Å². The van der Waals surface area contributed by atoms with Crippen LogP contribution >= 0.6 is 0 Å². The van der Waals surface area contributed by atoms with Gasteiger partial charge in [0, 0.05) is 0 Å². The van der Waals surface area contributed by atoms with Gasteiger partial charge >= 0.3 is 6.18 Å². The van der Waals surface area contributed by atoms with Gasteiger partial charge in [-0.3, -0.25) is 0 Å². The Kier molecular flexibility index (Phi) is 5.30. The smallest absolute Gasteiger partial charge is 0.166 e. The van der Waals surface area contributed by atoms with Crippen LogP contribution in [-0.2, 0) is 12.6 Å². The topological polar surface area (TPSA) is 0 Å². The van der Waals surface area contributed by atoms with E-state index in [4.69, 9.17) is 0 Å². The molecule has 1 radical (unpaired) electrons. The molecule has 0 nitrogen and oxygen atoms in total. The summed E-state index contributed by atoms with van der Waals surface area (Å²) < 4.78 is 38.3. The molecule has 1 aromatic carbocycles. The van der Waals surface area contributed by atoms with Crippen LogP contribution < -0.4 is 5.46 Å². The van der Waals surface area contributed by atoms with Gasteiger partial charge in [0.25, 0.3) is 0 Å². The molecule has 99 valence electrons. The zero-order chi connectivity index (χ0) is 13.8. The van der Waals surface area contributed by atoms with Gasteiger partial charge in [0.1, 0.15) is 7.28 Å². The maximum atomic E-state index is 12.8. The number of halogens is 3. The normalized spacial score (nSPS) is 11.7. The minimum atomic E-state index is -4.25. The molecule has 0 atom stereocenters. The lowest BCUT2D eigenvalue weighted by Gasteiger charge is -2.15. The zero-order valence-corrected chi connectivity index (χ0v) is 11.2. The van der Waals surface area contributed by atoms with Crippen molar-refractivity contribution in [2.24, 2.45) is 0 Å². The van der Waals surface area contributed by atoms with E-state index in [0.717, 1.165) is 36.7 Å². The summed E-state index contributed by atoms with van der Waals surface area (Å²) in [5.41, 5.74) is 1.95. The lowest BCUT2D eigenvalue weighted by Crippen LogP contribution is -2.22. The highest BCUT2D eigenvalue weighted by molar-refractivity contribution is 6.53. The van der Waals surface area contributed by atoms with E-state index in [2.05, 4.69) is 6.92 Å². The van der Waals surface area contributed by atoms with Gasteiger partial charge in [-0.2, -0.15) is 13.2 Å². The highest BCUT2D eigenvalue weighted by atomic mass is 19.4. The van der Waals surface area contributed by atoms with Crippen LogP contribution in [0.25, 0.3) is 0 Å². The molecule has 0 saturated heterocycles. The average molecular weight is 255 g/mol. The van der Waals surface area contributed by atoms with Crippen molar-refractivity contribution in [2.75, 3.05) is 0 Å². The number of aryl methyl sites for hydroxylation is 2. The van der Waals surface area contributed by atoms with Crippen molar-refractivity contribution in [3.63, 3.8) is 0 Å². The third-order valence-corrected chi connectivity index (χ3v) is 3.14. The molecule has 1 rings (SSSR count). The van der Waals surface area contributed by atoms with E-state index in [1.807, 2.05) is 14.1 Å². The molecule has 0 heterocycles. The van der Waals surface area contributed by atoms with E-state index in [1.165, 1.54) is 12.1 Å². The highest BCUT2D eigenvalue weighted by Crippen LogP contribution is 2.30. The summed E-state index contributed by atoms with van der Waals surface area (Å²) in [6.07, 6.45) is -0.464. The Bertz CT molecular complexity index is 397. The number of rotatable bonds is 5. The fourth-order valence-electron chi connectivity index (χ4n) is 2.22. The fraction of sp³-hybridized carbons (Fsp3) is 0.571. The van der Waals surface area contributed by atoms with Crippen LogP contribution in [0.15, 0.2) is 12.1 Å². The Labute approximate surface area is 108 Å². The first-order valence-electron chi connectivity index (χ1n) is 6.40. The van der Waals surface area contributed by atoms with E-state index >= 15 is 0 Å². The van der Waals surface area contributed by atoms with Crippen LogP contribution in [0, 0.1) is 6.92 Å². The Morgan fingerprint density at radius 3 is 2.33 bits per heavy atom. The maximum absolute atomic E-state index is 12.8. The van der Waals surface area contributed by atoms with Crippen molar-refractivity contribution < 1.29 is 13.2 Å². The van der Waals surface area contributed by atoms with Gasteiger partial charge in [-0.25, -0.2) is 0 Å². The van der Waals surface area contributed by atoms with Gasteiger partial charge in [0.05, 0.1) is 5.56 Å². The molecule has 0 spiro atoms. The summed E-state index contributed by atoms with van der Waals surface area (Å²) in [5.74, 6) is 0. The minimum absolute atomic E-state index is 0.530. The van der Waals surface area contributed by atoms with E-state index in [-0.39, 0.29) is 0 Å². The minimum Gasteiger partial charge on any atom is -0.166 e. The third kappa shape index (κ3) is 3.79. The SMILES string of the molecule is C[B]c1c(C)cc(C(F)(F)F)cc1CCCCC. The predicted molar refractivity (Wildman–Crippen MR) is 70.7 cm³/mol. The highest BCUT2D eigenvalue weighted by Gasteiger charge is 2.31. The zero-order valence-electron chi connectivity index (χ0n) is 11.2. The monoisotopic (exact) mass is 255 g/mol. The largest absolute Gasteiger partial charge is 0.416 e. The number of hydrogen-bond acceptors (Lipinski definition) is 0. The Hall–Kier alpha value is -0.925. The van der Waals surface area contributed by atoms with Crippen LogP contribution in [0.3, 0.4) is 0 Å². The Morgan fingerprint density at radius 1 is 1.17 bits per heavy atom. The predicted octanol–water partition coefficient (Wildman–Crippen LogP) is 4.12. The summed E-state index contributed by atoms with van der Waals surface area (Å²) >= 11 is 0. The van der Waals surface area contributed by atoms with Crippen LogP contribution in [0.4, 0.5) is 13.2 Å². The van der Waals surface area contributed by atoms with Crippen LogP contribution in [0.2, 0.25) is 6.82 Å². The van der Waals surface area contributed by atoms with Gasteiger partial charge in [-0.1, -0.05) is 43.2 Å². The second-order valence-corrected chi connectivity index (χ2v) is 4.61. The lowest BCUT2D eigenvalue weighted by molar-refractivity contribution is -0.137. The Morgan fingerprint density at radius 2 is 1.83 bits per heavy atom. The molecule has 0 aromatic heterocycles. The molecule has 0 bridgehead atoms. The molecular weight excluding hydrogens is 236 g/mol. The number of benzene rings is 1. The summed E-state index contributed by atoms with van der Waals surface area (Å²) in [5, 5.41) is 0. The Balaban J connectivity index is 3.07. The van der Waals surface area contributed by atoms with E-state index < -0.39 is 11.7 Å². The van der Waals surface area contributed by atoms with Crippen molar-refractivity contribution in [3.05, 3.63) is 28.8 Å². The van der Waals surface area contributed by atoms with Gasteiger partial charge < -0.3 is 0 Å². The molecular formula is C14H19BF3. The molecule has 0 amide bonds. The van der Waals surface area contributed by atoms with E-state index in [1.54, 1.807) is 6.92 Å². The van der Waals surface area contributed by atoms with Gasteiger partial charge in [-0.15, -0.1) is 0 Å². The van der Waals surface area contributed by atoms with Crippen molar-refractivity contribution in [1.82, 2.24) is 0 Å². The maximum Gasteiger partial charge on any atom is 0.416 e. The molecule has 18 heavy (non-hydrogen) atoms. The number of unbranched alkanes of at least 4 members (excludes halogenated alkanes) is 2. The number of hydrogen-bond donors (Lipinski definition) is 0. The summed E-state index contributed by atoms with van der Waals surface area (Å²) in [7, 11) is 1.90. The number of alkyl halides is 3. The fourth-order valence-corrected chi connectivity index (χ4v) is 2.22. The van der Waals surface area contributed by atoms with E-state index in [9.17, 15) is 13.2 Å². The first-order chi connectivity index (χ1) is 8.40. The molecule has 0 N–H and O–H groups in total.